The number of rotatable bonds is 4. The molecule has 1 aromatic heterocycles. The van der Waals surface area contributed by atoms with Crippen LogP contribution in [0, 0.1) is 6.92 Å². The minimum absolute atomic E-state index is 0.101. The number of nitrogens with one attached hydrogen (secondary N) is 1. The third-order valence-electron chi connectivity index (χ3n) is 4.74. The number of aliphatic hydroxyl groups excluding tert-OH is 1. The first kappa shape index (κ1) is 19.2. The van der Waals surface area contributed by atoms with E-state index in [9.17, 15) is 9.90 Å². The highest BCUT2D eigenvalue weighted by Crippen LogP contribution is 2.40. The monoisotopic (exact) mass is 409 g/mol. The van der Waals surface area contributed by atoms with Crippen molar-refractivity contribution >= 4 is 34.7 Å². The number of para-hydroxylation sites is 1. The number of nitrogens with zero attached hydrogens (tertiary/aromatic N) is 2. The Balaban J connectivity index is 1.70. The van der Waals surface area contributed by atoms with Crippen molar-refractivity contribution in [1.82, 2.24) is 4.98 Å². The molecule has 1 atom stereocenters. The summed E-state index contributed by atoms with van der Waals surface area (Å²) < 4.78 is 5.90. The van der Waals surface area contributed by atoms with Gasteiger partial charge in [-0.1, -0.05) is 23.7 Å². The molecule has 1 aliphatic heterocycles. The molecule has 3 aromatic rings. The average Bonchev–Trinajstić information content (AvgIpc) is 2.74. The number of carbonyl (C=O) groups excluding carboxylic acids is 1. The zero-order valence-corrected chi connectivity index (χ0v) is 16.6. The van der Waals surface area contributed by atoms with E-state index in [1.165, 1.54) is 0 Å². The number of hydrogen-bond acceptors (Lipinski definition) is 5. The molecule has 0 unspecified atom stereocenters. The second-order valence-electron chi connectivity index (χ2n) is 6.83. The first-order valence-electron chi connectivity index (χ1n) is 9.22. The lowest BCUT2D eigenvalue weighted by Gasteiger charge is -2.37. The first-order valence-corrected chi connectivity index (χ1v) is 9.60. The van der Waals surface area contributed by atoms with Gasteiger partial charge in [-0.15, -0.1) is 0 Å². The highest BCUT2D eigenvalue weighted by Gasteiger charge is 2.32. The lowest BCUT2D eigenvalue weighted by Crippen LogP contribution is -2.43. The number of amides is 1. The average molecular weight is 410 g/mol. The molecule has 0 fully saturated rings. The Kier molecular flexibility index (Phi) is 5.38. The van der Waals surface area contributed by atoms with Crippen LogP contribution in [0.4, 0.5) is 17.2 Å². The van der Waals surface area contributed by atoms with Crippen molar-refractivity contribution < 1.29 is 14.6 Å². The molecular weight excluding hydrogens is 390 g/mol. The number of aryl methyl sites for hydroxylation is 1. The summed E-state index contributed by atoms with van der Waals surface area (Å²) in [6.07, 6.45) is 1.77. The molecule has 0 spiro atoms. The number of ether oxygens (including phenoxy) is 1. The minimum Gasteiger partial charge on any atom is -0.488 e. The number of benzene rings is 2. The molecule has 0 saturated heterocycles. The number of fused-ring (bicyclic) bond motifs is 1. The van der Waals surface area contributed by atoms with Crippen molar-refractivity contribution in [2.75, 3.05) is 23.4 Å². The summed E-state index contributed by atoms with van der Waals surface area (Å²) in [7, 11) is 0. The quantitative estimate of drug-likeness (QED) is 0.676. The molecule has 0 aliphatic carbocycles. The van der Waals surface area contributed by atoms with Gasteiger partial charge >= 0.3 is 0 Å². The highest BCUT2D eigenvalue weighted by atomic mass is 35.5. The van der Waals surface area contributed by atoms with Gasteiger partial charge in [0, 0.05) is 16.9 Å². The zero-order valence-electron chi connectivity index (χ0n) is 15.8. The van der Waals surface area contributed by atoms with E-state index in [0.29, 0.717) is 33.5 Å². The first-order chi connectivity index (χ1) is 14.1. The topological polar surface area (TPSA) is 74.7 Å². The van der Waals surface area contributed by atoms with Gasteiger partial charge in [-0.05, 0) is 55.0 Å². The molecule has 6 nitrogen and oxygen atoms in total. The van der Waals surface area contributed by atoms with Crippen LogP contribution in [0.15, 0.2) is 60.8 Å². The molecule has 7 heteroatoms. The molecule has 0 saturated carbocycles. The Hall–Kier alpha value is -3.09. The summed E-state index contributed by atoms with van der Waals surface area (Å²) in [6, 6.07) is 15.8. The van der Waals surface area contributed by atoms with E-state index in [-0.39, 0.29) is 25.2 Å². The van der Waals surface area contributed by atoms with Crippen molar-refractivity contribution in [3.63, 3.8) is 0 Å². The molecule has 2 aromatic carbocycles. The van der Waals surface area contributed by atoms with Crippen LogP contribution in [0.1, 0.15) is 15.9 Å². The van der Waals surface area contributed by atoms with Gasteiger partial charge in [0.2, 0.25) is 0 Å². The summed E-state index contributed by atoms with van der Waals surface area (Å²) in [5.41, 5.74) is 2.78. The standard InChI is InChI=1S/C22H20ClN3O3/c1-14-5-10-20(24-11-14)26-17(12-27)13-29-21-18(3-2-4-19(21)26)22(28)25-16-8-6-15(23)7-9-16/h2-11,17,27H,12-13H2,1H3,(H,25,28)/t17-/m0/s1. The predicted octanol–water partition coefficient (Wildman–Crippen LogP) is 4.19. The molecule has 148 valence electrons. The maximum atomic E-state index is 12.9. The van der Waals surface area contributed by atoms with Crippen LogP contribution in [0.25, 0.3) is 0 Å². The minimum atomic E-state index is -0.299. The summed E-state index contributed by atoms with van der Waals surface area (Å²) in [5, 5.41) is 13.3. The van der Waals surface area contributed by atoms with Gasteiger partial charge in [-0.25, -0.2) is 4.98 Å². The van der Waals surface area contributed by atoms with Crippen LogP contribution in [0.3, 0.4) is 0 Å². The molecule has 1 aliphatic rings. The van der Waals surface area contributed by atoms with Crippen molar-refractivity contribution in [2.24, 2.45) is 0 Å². The van der Waals surface area contributed by atoms with E-state index < -0.39 is 0 Å². The van der Waals surface area contributed by atoms with Crippen LogP contribution >= 0.6 is 11.6 Å². The van der Waals surface area contributed by atoms with Gasteiger partial charge in [0.1, 0.15) is 12.4 Å². The Morgan fingerprint density at radius 1 is 1.24 bits per heavy atom. The van der Waals surface area contributed by atoms with E-state index in [0.717, 1.165) is 5.56 Å². The molecule has 1 amide bonds. The molecule has 0 radical (unpaired) electrons. The third kappa shape index (κ3) is 3.90. The fourth-order valence-corrected chi connectivity index (χ4v) is 3.40. The molecule has 29 heavy (non-hydrogen) atoms. The number of pyridine rings is 1. The van der Waals surface area contributed by atoms with E-state index in [4.69, 9.17) is 16.3 Å². The smallest absolute Gasteiger partial charge is 0.259 e. The Morgan fingerprint density at radius 3 is 2.72 bits per heavy atom. The summed E-state index contributed by atoms with van der Waals surface area (Å²) in [5.74, 6) is 0.865. The largest absolute Gasteiger partial charge is 0.488 e. The molecule has 2 heterocycles. The molecule has 2 N–H and O–H groups in total. The number of halogens is 1. The lowest BCUT2D eigenvalue weighted by molar-refractivity contribution is 0.102. The maximum Gasteiger partial charge on any atom is 0.259 e. The van der Waals surface area contributed by atoms with Crippen molar-refractivity contribution in [2.45, 2.75) is 13.0 Å². The number of aromatic nitrogens is 1. The van der Waals surface area contributed by atoms with E-state index in [1.54, 1.807) is 42.6 Å². The summed E-state index contributed by atoms with van der Waals surface area (Å²) >= 11 is 5.91. The highest BCUT2D eigenvalue weighted by molar-refractivity contribution is 6.30. The predicted molar refractivity (Wildman–Crippen MR) is 113 cm³/mol. The maximum absolute atomic E-state index is 12.9. The van der Waals surface area contributed by atoms with Crippen molar-refractivity contribution in [3.05, 3.63) is 76.9 Å². The van der Waals surface area contributed by atoms with Gasteiger partial charge < -0.3 is 20.1 Å². The van der Waals surface area contributed by atoms with E-state index in [2.05, 4.69) is 10.3 Å². The number of hydrogen-bond donors (Lipinski definition) is 2. The van der Waals surface area contributed by atoms with E-state index >= 15 is 0 Å². The number of carbonyl (C=O) groups is 1. The lowest BCUT2D eigenvalue weighted by atomic mass is 10.1. The number of aliphatic hydroxyl groups is 1. The zero-order chi connectivity index (χ0) is 20.4. The van der Waals surface area contributed by atoms with Crippen molar-refractivity contribution in [1.29, 1.82) is 0 Å². The SMILES string of the molecule is Cc1ccc(N2c3cccc(C(=O)Nc4ccc(Cl)cc4)c3OC[C@@H]2CO)nc1. The Bertz CT molecular complexity index is 1020. The van der Waals surface area contributed by atoms with Crippen LogP contribution < -0.4 is 15.0 Å². The van der Waals surface area contributed by atoms with Crippen LogP contribution in [-0.2, 0) is 0 Å². The van der Waals surface area contributed by atoms with E-state index in [1.807, 2.05) is 30.0 Å². The van der Waals surface area contributed by atoms with Gasteiger partial charge in [0.15, 0.2) is 5.75 Å². The van der Waals surface area contributed by atoms with Crippen LogP contribution in [-0.4, -0.2) is 35.3 Å². The second-order valence-corrected chi connectivity index (χ2v) is 7.26. The summed E-state index contributed by atoms with van der Waals surface area (Å²) in [6.45, 7) is 2.10. The second kappa shape index (κ2) is 8.11. The number of anilines is 3. The van der Waals surface area contributed by atoms with Gasteiger partial charge in [-0.3, -0.25) is 4.79 Å². The van der Waals surface area contributed by atoms with Gasteiger partial charge in [0.25, 0.3) is 5.91 Å². The van der Waals surface area contributed by atoms with Gasteiger partial charge in [-0.2, -0.15) is 0 Å². The molecule has 4 rings (SSSR count). The normalized spacial score (nSPS) is 15.4. The fraction of sp³-hybridized carbons (Fsp3) is 0.182. The Labute approximate surface area is 173 Å². The molecule has 0 bridgehead atoms. The van der Waals surface area contributed by atoms with Crippen LogP contribution in [0.2, 0.25) is 5.02 Å². The molecular formula is C22H20ClN3O3. The summed E-state index contributed by atoms with van der Waals surface area (Å²) in [4.78, 5) is 19.3. The van der Waals surface area contributed by atoms with Crippen molar-refractivity contribution in [3.8, 4) is 5.75 Å². The fourth-order valence-electron chi connectivity index (χ4n) is 3.27. The third-order valence-corrected chi connectivity index (χ3v) is 4.99. The van der Waals surface area contributed by atoms with Gasteiger partial charge in [0.05, 0.1) is 23.9 Å². The van der Waals surface area contributed by atoms with Crippen LogP contribution in [0.5, 0.6) is 5.75 Å². The Morgan fingerprint density at radius 2 is 2.03 bits per heavy atom.